The van der Waals surface area contributed by atoms with Crippen molar-refractivity contribution < 1.29 is 0 Å². The van der Waals surface area contributed by atoms with Crippen molar-refractivity contribution >= 4 is 19.2 Å². The molecule has 0 bridgehead atoms. The first kappa shape index (κ1) is 12.9. The van der Waals surface area contributed by atoms with Crippen LogP contribution in [0.4, 0.5) is 0 Å². The zero-order valence-corrected chi connectivity index (χ0v) is 12.8. The molecule has 0 aliphatic carbocycles. The summed E-state index contributed by atoms with van der Waals surface area (Å²) in [6.45, 7) is 2.40. The summed E-state index contributed by atoms with van der Waals surface area (Å²) >= 11 is 0. The molecule has 0 aromatic heterocycles. The van der Waals surface area contributed by atoms with Crippen LogP contribution in [-0.4, -0.2) is 8.80 Å². The van der Waals surface area contributed by atoms with E-state index in [0.717, 1.165) is 0 Å². The lowest BCUT2D eigenvalue weighted by molar-refractivity contribution is 1.63. The summed E-state index contributed by atoms with van der Waals surface area (Å²) in [5.74, 6) is 0. The van der Waals surface area contributed by atoms with E-state index in [4.69, 9.17) is 0 Å². The minimum Gasteiger partial charge on any atom is -0.0642 e. The molecule has 3 aromatic rings. The summed E-state index contributed by atoms with van der Waals surface area (Å²) in [4.78, 5) is 0. The van der Waals surface area contributed by atoms with Crippen molar-refractivity contribution in [1.82, 2.24) is 0 Å². The van der Waals surface area contributed by atoms with Gasteiger partial charge in [-0.25, -0.2) is 0 Å². The predicted molar refractivity (Wildman–Crippen MR) is 90.6 cm³/mol. The number of rotatable bonds is 3. The van der Waals surface area contributed by atoms with Gasteiger partial charge in [0.2, 0.25) is 0 Å². The van der Waals surface area contributed by atoms with Crippen molar-refractivity contribution in [3.05, 3.63) is 84.9 Å². The van der Waals surface area contributed by atoms with E-state index in [1.807, 2.05) is 0 Å². The molecule has 0 nitrogen and oxygen atoms in total. The van der Waals surface area contributed by atoms with Gasteiger partial charge in [-0.1, -0.05) is 102 Å². The molecule has 0 aliphatic rings. The van der Waals surface area contributed by atoms with Crippen molar-refractivity contribution in [3.63, 3.8) is 0 Å². The van der Waals surface area contributed by atoms with Crippen LogP contribution >= 0.6 is 0 Å². The smallest absolute Gasteiger partial charge is 0.0642 e. The summed E-state index contributed by atoms with van der Waals surface area (Å²) in [6, 6.07) is 30.5. The fraction of sp³-hybridized carbons (Fsp3) is 0.0526. The van der Waals surface area contributed by atoms with Gasteiger partial charge in [0.25, 0.3) is 0 Å². The summed E-state index contributed by atoms with van der Waals surface area (Å²) in [5, 5.41) is 3.00. The Kier molecular flexibility index (Phi) is 3.80. The standard InChI is InChI=1S/C19H18Si/c1-20(18-10-6-3-7-11-18)19-14-12-17(13-15-19)16-8-4-2-5-9-16/h2-15,20H,1H3. The fourth-order valence-electron chi connectivity index (χ4n) is 2.53. The zero-order chi connectivity index (χ0) is 13.8. The number of hydrogen-bond acceptors (Lipinski definition) is 0. The minimum atomic E-state index is -1.03. The normalized spacial score (nSPS) is 12.1. The van der Waals surface area contributed by atoms with Crippen LogP contribution in [0.25, 0.3) is 11.1 Å². The van der Waals surface area contributed by atoms with Crippen molar-refractivity contribution in [3.8, 4) is 11.1 Å². The first-order valence-corrected chi connectivity index (χ1v) is 9.36. The van der Waals surface area contributed by atoms with E-state index in [0.29, 0.717) is 0 Å². The van der Waals surface area contributed by atoms with E-state index in [-0.39, 0.29) is 0 Å². The highest BCUT2D eigenvalue weighted by atomic mass is 28.3. The monoisotopic (exact) mass is 274 g/mol. The Bertz CT molecular complexity index is 657. The Morgan fingerprint density at radius 2 is 0.950 bits per heavy atom. The van der Waals surface area contributed by atoms with Crippen LogP contribution in [0.15, 0.2) is 84.9 Å². The van der Waals surface area contributed by atoms with Gasteiger partial charge < -0.3 is 0 Å². The lowest BCUT2D eigenvalue weighted by Crippen LogP contribution is -2.38. The van der Waals surface area contributed by atoms with Crippen molar-refractivity contribution in [2.24, 2.45) is 0 Å². The van der Waals surface area contributed by atoms with Crippen LogP contribution in [-0.2, 0) is 0 Å². The van der Waals surface area contributed by atoms with Crippen molar-refractivity contribution in [2.75, 3.05) is 0 Å². The average Bonchev–Trinajstić information content (AvgIpc) is 2.56. The van der Waals surface area contributed by atoms with Gasteiger partial charge >= 0.3 is 0 Å². The minimum absolute atomic E-state index is 1.03. The zero-order valence-electron chi connectivity index (χ0n) is 11.7. The van der Waals surface area contributed by atoms with E-state index in [9.17, 15) is 0 Å². The lowest BCUT2D eigenvalue weighted by atomic mass is 10.1. The van der Waals surface area contributed by atoms with Crippen LogP contribution in [0.5, 0.6) is 0 Å². The van der Waals surface area contributed by atoms with Crippen LogP contribution in [0.1, 0.15) is 0 Å². The molecule has 3 aromatic carbocycles. The third kappa shape index (κ3) is 2.73. The second-order valence-electron chi connectivity index (χ2n) is 5.12. The molecular weight excluding hydrogens is 256 g/mol. The van der Waals surface area contributed by atoms with Gasteiger partial charge in [0, 0.05) is 0 Å². The molecule has 98 valence electrons. The van der Waals surface area contributed by atoms with Gasteiger partial charge in [-0.05, 0) is 11.1 Å². The molecule has 0 spiro atoms. The molecule has 0 amide bonds. The molecule has 0 radical (unpaired) electrons. The van der Waals surface area contributed by atoms with Gasteiger partial charge in [0.1, 0.15) is 0 Å². The molecule has 1 atom stereocenters. The van der Waals surface area contributed by atoms with E-state index in [2.05, 4.69) is 91.5 Å². The van der Waals surface area contributed by atoms with Gasteiger partial charge in [0.05, 0.1) is 8.80 Å². The fourth-order valence-corrected chi connectivity index (χ4v) is 4.48. The van der Waals surface area contributed by atoms with Gasteiger partial charge in [-0.3, -0.25) is 0 Å². The van der Waals surface area contributed by atoms with Gasteiger partial charge in [0.15, 0.2) is 0 Å². The maximum Gasteiger partial charge on any atom is 0.0997 e. The molecule has 0 saturated carbocycles. The Hall–Kier alpha value is -2.12. The van der Waals surface area contributed by atoms with Crippen molar-refractivity contribution in [1.29, 1.82) is 0 Å². The lowest BCUT2D eigenvalue weighted by Gasteiger charge is -2.11. The third-order valence-corrected chi connectivity index (χ3v) is 6.59. The highest BCUT2D eigenvalue weighted by Gasteiger charge is 2.09. The maximum absolute atomic E-state index is 2.40. The summed E-state index contributed by atoms with van der Waals surface area (Å²) < 4.78 is 0. The van der Waals surface area contributed by atoms with E-state index in [1.165, 1.54) is 21.5 Å². The highest BCUT2D eigenvalue weighted by molar-refractivity contribution is 6.84. The van der Waals surface area contributed by atoms with Gasteiger partial charge in [-0.15, -0.1) is 0 Å². The van der Waals surface area contributed by atoms with Gasteiger partial charge in [-0.2, -0.15) is 0 Å². The Morgan fingerprint density at radius 3 is 1.55 bits per heavy atom. The van der Waals surface area contributed by atoms with Crippen LogP contribution in [0, 0.1) is 0 Å². The molecule has 3 rings (SSSR count). The molecule has 0 fully saturated rings. The van der Waals surface area contributed by atoms with E-state index in [1.54, 1.807) is 0 Å². The summed E-state index contributed by atoms with van der Waals surface area (Å²) in [7, 11) is -1.03. The summed E-state index contributed by atoms with van der Waals surface area (Å²) in [5.41, 5.74) is 2.58. The van der Waals surface area contributed by atoms with Crippen LogP contribution < -0.4 is 10.4 Å². The molecular formula is C19H18Si. The third-order valence-electron chi connectivity index (χ3n) is 3.82. The Balaban J connectivity index is 1.87. The predicted octanol–water partition coefficient (Wildman–Crippen LogP) is 3.32. The molecule has 1 unspecified atom stereocenters. The SMILES string of the molecule is C[SiH](c1ccccc1)c1ccc(-c2ccccc2)cc1. The molecule has 0 N–H and O–H groups in total. The van der Waals surface area contributed by atoms with Crippen LogP contribution in [0.3, 0.4) is 0 Å². The first-order chi connectivity index (χ1) is 9.84. The van der Waals surface area contributed by atoms with E-state index < -0.39 is 8.80 Å². The quantitative estimate of drug-likeness (QED) is 0.643. The van der Waals surface area contributed by atoms with E-state index >= 15 is 0 Å². The highest BCUT2D eigenvalue weighted by Crippen LogP contribution is 2.17. The summed E-state index contributed by atoms with van der Waals surface area (Å²) in [6.07, 6.45) is 0. The molecule has 0 aliphatic heterocycles. The average molecular weight is 274 g/mol. The number of benzene rings is 3. The second-order valence-corrected chi connectivity index (χ2v) is 7.90. The first-order valence-electron chi connectivity index (χ1n) is 7.05. The van der Waals surface area contributed by atoms with Crippen molar-refractivity contribution in [2.45, 2.75) is 6.55 Å². The Labute approximate surface area is 122 Å². The largest absolute Gasteiger partial charge is 0.0997 e. The topological polar surface area (TPSA) is 0 Å². The second kappa shape index (κ2) is 5.89. The molecule has 20 heavy (non-hydrogen) atoms. The number of hydrogen-bond donors (Lipinski definition) is 0. The van der Waals surface area contributed by atoms with Crippen LogP contribution in [0.2, 0.25) is 6.55 Å². The molecule has 1 heteroatoms. The maximum atomic E-state index is 2.40. The molecule has 0 saturated heterocycles. The molecule has 0 heterocycles. The Morgan fingerprint density at radius 1 is 0.500 bits per heavy atom.